The van der Waals surface area contributed by atoms with Gasteiger partial charge in [-0.2, -0.15) is 0 Å². The number of nitrogens with one attached hydrogen (secondary N) is 2. The molecule has 118 valence electrons. The lowest BCUT2D eigenvalue weighted by atomic mass is 9.86. The van der Waals surface area contributed by atoms with Crippen molar-refractivity contribution in [1.29, 1.82) is 0 Å². The zero-order valence-corrected chi connectivity index (χ0v) is 14.0. The Morgan fingerprint density at radius 3 is 2.91 bits per heavy atom. The summed E-state index contributed by atoms with van der Waals surface area (Å²) in [5.74, 6) is 0.699. The molecular formula is C17H23N3OS. The van der Waals surface area contributed by atoms with Crippen LogP contribution in [0.5, 0.6) is 0 Å². The highest BCUT2D eigenvalue weighted by molar-refractivity contribution is 8.00. The molecule has 5 heteroatoms. The molecule has 0 saturated heterocycles. The summed E-state index contributed by atoms with van der Waals surface area (Å²) < 4.78 is 0. The van der Waals surface area contributed by atoms with E-state index in [2.05, 4.69) is 22.2 Å². The number of H-pyrrole nitrogens is 1. The van der Waals surface area contributed by atoms with Crippen LogP contribution in [-0.2, 0) is 4.79 Å². The summed E-state index contributed by atoms with van der Waals surface area (Å²) in [7, 11) is 0. The summed E-state index contributed by atoms with van der Waals surface area (Å²) >= 11 is 1.49. The number of aromatic amines is 1. The Balaban J connectivity index is 1.60. The number of imidazole rings is 1. The summed E-state index contributed by atoms with van der Waals surface area (Å²) in [5, 5.41) is 3.88. The average Bonchev–Trinajstić information content (AvgIpc) is 2.91. The fourth-order valence-corrected chi connectivity index (χ4v) is 3.87. The number of para-hydroxylation sites is 2. The summed E-state index contributed by atoms with van der Waals surface area (Å²) in [4.78, 5) is 20.2. The summed E-state index contributed by atoms with van der Waals surface area (Å²) in [6, 6.07) is 8.26. The molecule has 2 aromatic rings. The van der Waals surface area contributed by atoms with Crippen LogP contribution in [0, 0.1) is 5.92 Å². The van der Waals surface area contributed by atoms with Crippen LogP contribution in [-0.4, -0.2) is 27.2 Å². The number of aromatic nitrogens is 2. The molecule has 4 nitrogen and oxygen atoms in total. The van der Waals surface area contributed by atoms with E-state index in [-0.39, 0.29) is 11.2 Å². The van der Waals surface area contributed by atoms with Gasteiger partial charge >= 0.3 is 0 Å². The Morgan fingerprint density at radius 2 is 2.14 bits per heavy atom. The standard InChI is InChI=1S/C17H23N3OS/c1-11-7-3-4-8-13(11)18-16(21)12(2)22-17-19-14-9-5-6-10-15(14)20-17/h5-6,9-13H,3-4,7-8H2,1-2H3,(H,18,21)(H,19,20)/t11-,12+,13+/m0/s1. The fraction of sp³-hybridized carbons (Fsp3) is 0.529. The van der Waals surface area contributed by atoms with E-state index >= 15 is 0 Å². The van der Waals surface area contributed by atoms with Crippen molar-refractivity contribution in [2.24, 2.45) is 5.92 Å². The number of fused-ring (bicyclic) bond motifs is 1. The van der Waals surface area contributed by atoms with Crippen molar-refractivity contribution in [3.8, 4) is 0 Å². The van der Waals surface area contributed by atoms with E-state index in [9.17, 15) is 4.79 Å². The van der Waals surface area contributed by atoms with Crippen molar-refractivity contribution in [2.75, 3.05) is 0 Å². The summed E-state index contributed by atoms with van der Waals surface area (Å²) in [6.07, 6.45) is 4.84. The maximum Gasteiger partial charge on any atom is 0.233 e. The lowest BCUT2D eigenvalue weighted by Gasteiger charge is -2.30. The number of carbonyl (C=O) groups is 1. The van der Waals surface area contributed by atoms with Crippen molar-refractivity contribution < 1.29 is 4.79 Å². The molecule has 0 bridgehead atoms. The second-order valence-corrected chi connectivity index (χ2v) is 7.53. The number of nitrogens with zero attached hydrogens (tertiary/aromatic N) is 1. The van der Waals surface area contributed by atoms with Gasteiger partial charge in [-0.05, 0) is 37.8 Å². The fourth-order valence-electron chi connectivity index (χ4n) is 3.04. The van der Waals surface area contributed by atoms with Gasteiger partial charge in [-0.25, -0.2) is 4.98 Å². The number of rotatable bonds is 4. The predicted molar refractivity (Wildman–Crippen MR) is 91.0 cm³/mol. The summed E-state index contributed by atoms with van der Waals surface area (Å²) in [6.45, 7) is 4.18. The minimum Gasteiger partial charge on any atom is -0.352 e. The van der Waals surface area contributed by atoms with Gasteiger partial charge in [0.05, 0.1) is 16.3 Å². The van der Waals surface area contributed by atoms with Gasteiger partial charge in [-0.15, -0.1) is 0 Å². The molecular weight excluding hydrogens is 294 g/mol. The first-order valence-corrected chi connectivity index (χ1v) is 8.93. The van der Waals surface area contributed by atoms with Gasteiger partial charge in [0, 0.05) is 6.04 Å². The van der Waals surface area contributed by atoms with Crippen LogP contribution in [0.15, 0.2) is 29.4 Å². The first kappa shape index (κ1) is 15.4. The topological polar surface area (TPSA) is 57.8 Å². The van der Waals surface area contributed by atoms with Crippen LogP contribution in [0.4, 0.5) is 0 Å². The smallest absolute Gasteiger partial charge is 0.233 e. The van der Waals surface area contributed by atoms with E-state index in [1.165, 1.54) is 31.0 Å². The van der Waals surface area contributed by atoms with Crippen LogP contribution in [0.2, 0.25) is 0 Å². The van der Waals surface area contributed by atoms with Crippen LogP contribution in [0.25, 0.3) is 11.0 Å². The third-order valence-electron chi connectivity index (χ3n) is 4.46. The number of hydrogen-bond acceptors (Lipinski definition) is 3. The maximum atomic E-state index is 12.4. The molecule has 1 aliphatic carbocycles. The van der Waals surface area contributed by atoms with Gasteiger partial charge in [0.2, 0.25) is 5.91 Å². The van der Waals surface area contributed by atoms with Gasteiger partial charge in [0.25, 0.3) is 0 Å². The van der Waals surface area contributed by atoms with Crippen LogP contribution < -0.4 is 5.32 Å². The zero-order chi connectivity index (χ0) is 15.5. The Labute approximate surface area is 135 Å². The first-order valence-electron chi connectivity index (χ1n) is 8.05. The highest BCUT2D eigenvalue weighted by atomic mass is 32.2. The van der Waals surface area contributed by atoms with Crippen molar-refractivity contribution in [1.82, 2.24) is 15.3 Å². The molecule has 2 N–H and O–H groups in total. The molecule has 0 unspecified atom stereocenters. The second kappa shape index (κ2) is 6.73. The van der Waals surface area contributed by atoms with E-state index in [0.29, 0.717) is 12.0 Å². The minimum absolute atomic E-state index is 0.115. The normalized spacial score (nSPS) is 23.4. The Morgan fingerprint density at radius 1 is 1.36 bits per heavy atom. The zero-order valence-electron chi connectivity index (χ0n) is 13.1. The van der Waals surface area contributed by atoms with E-state index in [1.54, 1.807) is 0 Å². The highest BCUT2D eigenvalue weighted by Crippen LogP contribution is 2.26. The largest absolute Gasteiger partial charge is 0.352 e. The monoisotopic (exact) mass is 317 g/mol. The second-order valence-electron chi connectivity index (χ2n) is 6.20. The van der Waals surface area contributed by atoms with Crippen LogP contribution in [0.1, 0.15) is 39.5 Å². The Kier molecular flexibility index (Phi) is 4.71. The van der Waals surface area contributed by atoms with Crippen LogP contribution in [0.3, 0.4) is 0 Å². The number of carbonyl (C=O) groups excluding carboxylic acids is 1. The predicted octanol–water partition coefficient (Wildman–Crippen LogP) is 3.74. The molecule has 1 aromatic heterocycles. The van der Waals surface area contributed by atoms with Crippen molar-refractivity contribution >= 4 is 28.7 Å². The van der Waals surface area contributed by atoms with E-state index < -0.39 is 0 Å². The van der Waals surface area contributed by atoms with Gasteiger partial charge in [-0.1, -0.05) is 43.7 Å². The van der Waals surface area contributed by atoms with Gasteiger partial charge in [-0.3, -0.25) is 4.79 Å². The van der Waals surface area contributed by atoms with E-state index in [1.807, 2.05) is 31.2 Å². The lowest BCUT2D eigenvalue weighted by Crippen LogP contribution is -2.44. The first-order chi connectivity index (χ1) is 10.6. The van der Waals surface area contributed by atoms with Crippen LogP contribution >= 0.6 is 11.8 Å². The molecule has 1 aliphatic rings. The minimum atomic E-state index is -0.144. The number of benzene rings is 1. The molecule has 0 radical (unpaired) electrons. The molecule has 1 fully saturated rings. The van der Waals surface area contributed by atoms with Crippen molar-refractivity contribution in [3.05, 3.63) is 24.3 Å². The molecule has 1 aromatic carbocycles. The summed E-state index contributed by atoms with van der Waals surface area (Å²) in [5.41, 5.74) is 1.96. The van der Waals surface area contributed by atoms with Crippen molar-refractivity contribution in [3.63, 3.8) is 0 Å². The van der Waals surface area contributed by atoms with E-state index in [0.717, 1.165) is 22.6 Å². The third-order valence-corrected chi connectivity index (χ3v) is 5.45. The lowest BCUT2D eigenvalue weighted by molar-refractivity contribution is -0.121. The Hall–Kier alpha value is -1.49. The molecule has 3 rings (SSSR count). The molecule has 0 aliphatic heterocycles. The molecule has 3 atom stereocenters. The van der Waals surface area contributed by atoms with E-state index in [4.69, 9.17) is 0 Å². The van der Waals surface area contributed by atoms with Crippen molar-refractivity contribution in [2.45, 2.75) is 56.0 Å². The molecule has 1 amide bonds. The number of hydrogen-bond donors (Lipinski definition) is 2. The van der Waals surface area contributed by atoms with Gasteiger partial charge in [0.15, 0.2) is 5.16 Å². The molecule has 1 heterocycles. The third kappa shape index (κ3) is 3.46. The number of thioether (sulfide) groups is 1. The molecule has 22 heavy (non-hydrogen) atoms. The van der Waals surface area contributed by atoms with Gasteiger partial charge in [0.1, 0.15) is 0 Å². The Bertz CT molecular complexity index is 621. The molecule has 1 saturated carbocycles. The SMILES string of the molecule is C[C@@H](Sc1nc2ccccc2[nH]1)C(=O)N[C@@H]1CCCC[C@@H]1C. The molecule has 0 spiro atoms. The average molecular weight is 317 g/mol. The highest BCUT2D eigenvalue weighted by Gasteiger charge is 2.25. The van der Waals surface area contributed by atoms with Gasteiger partial charge < -0.3 is 10.3 Å². The quantitative estimate of drug-likeness (QED) is 0.845. The maximum absolute atomic E-state index is 12.4. The number of amides is 1.